The average Bonchev–Trinajstić information content (AvgIpc) is 2.74. The van der Waals surface area contributed by atoms with Crippen molar-refractivity contribution in [2.45, 2.75) is 0 Å². The van der Waals surface area contributed by atoms with Crippen molar-refractivity contribution in [2.24, 2.45) is 0 Å². The SMILES string of the molecule is N#Cc1ccccc1Nc1cncc(C(=O)Nc2ccc3c(c2)OCCO3)c1. The number of rotatable bonds is 4. The van der Waals surface area contributed by atoms with Crippen LogP contribution in [-0.4, -0.2) is 24.1 Å². The van der Waals surface area contributed by atoms with E-state index in [1.165, 1.54) is 6.20 Å². The Morgan fingerprint density at radius 3 is 2.68 bits per heavy atom. The summed E-state index contributed by atoms with van der Waals surface area (Å²) in [5.41, 5.74) is 2.75. The number of anilines is 3. The number of ether oxygens (including phenoxy) is 2. The van der Waals surface area contributed by atoms with E-state index in [2.05, 4.69) is 21.7 Å². The Labute approximate surface area is 161 Å². The minimum atomic E-state index is -0.304. The van der Waals surface area contributed by atoms with Gasteiger partial charge in [-0.25, -0.2) is 0 Å². The Morgan fingerprint density at radius 2 is 1.82 bits per heavy atom. The largest absolute Gasteiger partial charge is 0.486 e. The molecular weight excluding hydrogens is 356 g/mol. The molecule has 2 heterocycles. The molecule has 2 N–H and O–H groups in total. The Kier molecular flexibility index (Phi) is 4.76. The first kappa shape index (κ1) is 17.4. The van der Waals surface area contributed by atoms with Gasteiger partial charge in [-0.3, -0.25) is 9.78 Å². The topological polar surface area (TPSA) is 96.3 Å². The molecule has 28 heavy (non-hydrogen) atoms. The van der Waals surface area contributed by atoms with Gasteiger partial charge in [0.1, 0.15) is 19.3 Å². The van der Waals surface area contributed by atoms with E-state index in [9.17, 15) is 10.1 Å². The van der Waals surface area contributed by atoms with E-state index in [1.807, 2.05) is 6.07 Å². The van der Waals surface area contributed by atoms with Gasteiger partial charge in [0.05, 0.1) is 28.7 Å². The number of fused-ring (bicyclic) bond motifs is 1. The first-order valence-corrected chi connectivity index (χ1v) is 8.65. The quantitative estimate of drug-likeness (QED) is 0.725. The minimum Gasteiger partial charge on any atom is -0.486 e. The van der Waals surface area contributed by atoms with Gasteiger partial charge in [0.2, 0.25) is 0 Å². The molecule has 3 aromatic rings. The van der Waals surface area contributed by atoms with Crippen molar-refractivity contribution < 1.29 is 14.3 Å². The van der Waals surface area contributed by atoms with Crippen molar-refractivity contribution in [2.75, 3.05) is 23.8 Å². The van der Waals surface area contributed by atoms with Gasteiger partial charge in [-0.2, -0.15) is 5.26 Å². The van der Waals surface area contributed by atoms with Gasteiger partial charge in [0, 0.05) is 18.0 Å². The highest BCUT2D eigenvalue weighted by atomic mass is 16.6. The van der Waals surface area contributed by atoms with Gasteiger partial charge in [0.25, 0.3) is 5.91 Å². The number of hydrogen-bond donors (Lipinski definition) is 2. The fraction of sp³-hybridized carbons (Fsp3) is 0.0952. The maximum absolute atomic E-state index is 12.6. The Bertz CT molecular complexity index is 1080. The summed E-state index contributed by atoms with van der Waals surface area (Å²) in [6.07, 6.45) is 3.07. The van der Waals surface area contributed by atoms with Gasteiger partial charge in [-0.1, -0.05) is 12.1 Å². The first-order chi connectivity index (χ1) is 13.7. The predicted octanol–water partition coefficient (Wildman–Crippen LogP) is 3.72. The molecule has 0 aliphatic carbocycles. The highest BCUT2D eigenvalue weighted by molar-refractivity contribution is 6.04. The molecule has 1 aliphatic heterocycles. The number of nitriles is 1. The number of nitrogens with zero attached hydrogens (tertiary/aromatic N) is 2. The third kappa shape index (κ3) is 3.71. The molecule has 2 aromatic carbocycles. The zero-order chi connectivity index (χ0) is 19.3. The van der Waals surface area contributed by atoms with Crippen LogP contribution >= 0.6 is 0 Å². The van der Waals surface area contributed by atoms with Crippen LogP contribution in [-0.2, 0) is 0 Å². The minimum absolute atomic E-state index is 0.304. The Morgan fingerprint density at radius 1 is 1.00 bits per heavy atom. The van der Waals surface area contributed by atoms with Crippen molar-refractivity contribution in [1.29, 1.82) is 5.26 Å². The van der Waals surface area contributed by atoms with Gasteiger partial charge in [0.15, 0.2) is 11.5 Å². The number of aromatic nitrogens is 1. The molecule has 7 heteroatoms. The highest BCUT2D eigenvalue weighted by Gasteiger charge is 2.14. The number of para-hydroxylation sites is 1. The van der Waals surface area contributed by atoms with E-state index >= 15 is 0 Å². The second-order valence-electron chi connectivity index (χ2n) is 6.06. The van der Waals surface area contributed by atoms with Crippen molar-refractivity contribution in [3.05, 3.63) is 72.1 Å². The molecule has 1 aromatic heterocycles. The van der Waals surface area contributed by atoms with Crippen LogP contribution in [0.15, 0.2) is 60.9 Å². The standard InChI is InChI=1S/C21H16N4O3/c22-11-14-3-1-2-4-18(14)24-17-9-15(12-23-13-17)21(26)25-16-5-6-19-20(10-16)28-8-7-27-19/h1-6,9-10,12-13,24H,7-8H2,(H,25,26). The summed E-state index contributed by atoms with van der Waals surface area (Å²) in [5.74, 6) is 0.959. The number of benzene rings is 2. The fourth-order valence-electron chi connectivity index (χ4n) is 2.80. The fourth-order valence-corrected chi connectivity index (χ4v) is 2.80. The predicted molar refractivity (Wildman–Crippen MR) is 104 cm³/mol. The lowest BCUT2D eigenvalue weighted by molar-refractivity contribution is 0.102. The van der Waals surface area contributed by atoms with Crippen LogP contribution in [0.1, 0.15) is 15.9 Å². The molecule has 0 unspecified atom stereocenters. The van der Waals surface area contributed by atoms with E-state index < -0.39 is 0 Å². The normalized spacial score (nSPS) is 12.0. The lowest BCUT2D eigenvalue weighted by Crippen LogP contribution is -2.16. The second kappa shape index (κ2) is 7.68. The zero-order valence-electron chi connectivity index (χ0n) is 14.8. The average molecular weight is 372 g/mol. The lowest BCUT2D eigenvalue weighted by atomic mass is 10.2. The molecular formula is C21H16N4O3. The number of pyridine rings is 1. The molecule has 0 radical (unpaired) electrons. The van der Waals surface area contributed by atoms with Crippen LogP contribution in [0.25, 0.3) is 0 Å². The smallest absolute Gasteiger partial charge is 0.257 e. The van der Waals surface area contributed by atoms with Crippen LogP contribution in [0.2, 0.25) is 0 Å². The van der Waals surface area contributed by atoms with Gasteiger partial charge in [-0.15, -0.1) is 0 Å². The van der Waals surface area contributed by atoms with Crippen molar-refractivity contribution >= 4 is 23.0 Å². The van der Waals surface area contributed by atoms with E-state index in [1.54, 1.807) is 48.7 Å². The van der Waals surface area contributed by atoms with Crippen molar-refractivity contribution in [3.8, 4) is 17.6 Å². The maximum atomic E-state index is 12.6. The molecule has 0 bridgehead atoms. The summed E-state index contributed by atoms with van der Waals surface area (Å²) in [4.78, 5) is 16.7. The molecule has 1 aliphatic rings. The second-order valence-corrected chi connectivity index (χ2v) is 6.06. The molecule has 0 fully saturated rings. The third-order valence-electron chi connectivity index (χ3n) is 4.13. The van der Waals surface area contributed by atoms with Crippen LogP contribution < -0.4 is 20.1 Å². The number of amides is 1. The molecule has 0 saturated heterocycles. The summed E-state index contributed by atoms with van der Waals surface area (Å²) in [6.45, 7) is 0.991. The lowest BCUT2D eigenvalue weighted by Gasteiger charge is -2.19. The summed E-state index contributed by atoms with van der Waals surface area (Å²) in [6, 6.07) is 16.2. The first-order valence-electron chi connectivity index (χ1n) is 8.65. The number of hydrogen-bond acceptors (Lipinski definition) is 6. The Balaban J connectivity index is 1.51. The van der Waals surface area contributed by atoms with Gasteiger partial charge < -0.3 is 20.1 Å². The molecule has 0 spiro atoms. The molecule has 0 atom stereocenters. The Hall–Kier alpha value is -4.05. The van der Waals surface area contributed by atoms with Crippen LogP contribution in [0, 0.1) is 11.3 Å². The summed E-state index contributed by atoms with van der Waals surface area (Å²) >= 11 is 0. The molecule has 0 saturated carbocycles. The monoisotopic (exact) mass is 372 g/mol. The molecule has 7 nitrogen and oxygen atoms in total. The van der Waals surface area contributed by atoms with E-state index in [4.69, 9.17) is 9.47 Å². The van der Waals surface area contributed by atoms with Crippen molar-refractivity contribution in [3.63, 3.8) is 0 Å². The summed E-state index contributed by atoms with van der Waals surface area (Å²) in [5, 5.41) is 15.1. The summed E-state index contributed by atoms with van der Waals surface area (Å²) in [7, 11) is 0. The number of nitrogens with one attached hydrogen (secondary N) is 2. The third-order valence-corrected chi connectivity index (χ3v) is 4.13. The van der Waals surface area contributed by atoms with Crippen LogP contribution in [0.3, 0.4) is 0 Å². The maximum Gasteiger partial charge on any atom is 0.257 e. The van der Waals surface area contributed by atoms with Crippen molar-refractivity contribution in [1.82, 2.24) is 4.98 Å². The van der Waals surface area contributed by atoms with E-state index in [0.717, 1.165) is 0 Å². The molecule has 1 amide bonds. The molecule has 138 valence electrons. The van der Waals surface area contributed by atoms with Crippen LogP contribution in [0.4, 0.5) is 17.1 Å². The number of carbonyl (C=O) groups is 1. The zero-order valence-corrected chi connectivity index (χ0v) is 14.8. The highest BCUT2D eigenvalue weighted by Crippen LogP contribution is 2.32. The molecule has 4 rings (SSSR count). The van der Waals surface area contributed by atoms with E-state index in [-0.39, 0.29) is 5.91 Å². The van der Waals surface area contributed by atoms with E-state index in [0.29, 0.717) is 52.9 Å². The van der Waals surface area contributed by atoms with Gasteiger partial charge >= 0.3 is 0 Å². The van der Waals surface area contributed by atoms with Gasteiger partial charge in [-0.05, 0) is 30.3 Å². The summed E-state index contributed by atoms with van der Waals surface area (Å²) < 4.78 is 11.0. The van der Waals surface area contributed by atoms with Crippen LogP contribution in [0.5, 0.6) is 11.5 Å². The number of carbonyl (C=O) groups excluding carboxylic acids is 1.